The van der Waals surface area contributed by atoms with Gasteiger partial charge in [0.15, 0.2) is 11.6 Å². The van der Waals surface area contributed by atoms with E-state index in [0.717, 1.165) is 11.0 Å². The molecule has 0 radical (unpaired) electrons. The fourth-order valence-electron chi connectivity index (χ4n) is 1.70. The molecule has 1 aromatic carbocycles. The van der Waals surface area contributed by atoms with E-state index in [1.165, 1.54) is 0 Å². The van der Waals surface area contributed by atoms with Crippen LogP contribution in [0.3, 0.4) is 0 Å². The lowest BCUT2D eigenvalue weighted by molar-refractivity contribution is -0.117. The highest BCUT2D eigenvalue weighted by Crippen LogP contribution is 2.29. The summed E-state index contributed by atoms with van der Waals surface area (Å²) < 4.78 is 26.2. The van der Waals surface area contributed by atoms with Gasteiger partial charge >= 0.3 is 0 Å². The Labute approximate surface area is 90.3 Å². The first kappa shape index (κ1) is 10.8. The number of amides is 1. The Morgan fingerprint density at radius 2 is 2.06 bits per heavy atom. The third-order valence-corrected chi connectivity index (χ3v) is 2.46. The van der Waals surface area contributed by atoms with Crippen LogP contribution >= 0.6 is 0 Å². The molecule has 2 rings (SSSR count). The predicted molar refractivity (Wildman–Crippen MR) is 53.0 cm³/mol. The number of halogens is 2. The normalized spacial score (nSPS) is 20.6. The average Bonchev–Trinajstić information content (AvgIpc) is 2.51. The molecule has 1 saturated heterocycles. The van der Waals surface area contributed by atoms with Crippen molar-refractivity contribution < 1.29 is 18.7 Å². The summed E-state index contributed by atoms with van der Waals surface area (Å²) in [5.41, 5.74) is 5.41. The van der Waals surface area contributed by atoms with Gasteiger partial charge in [-0.2, -0.15) is 0 Å². The van der Waals surface area contributed by atoms with Gasteiger partial charge in [0.2, 0.25) is 5.91 Å². The molecule has 1 aromatic rings. The maximum atomic E-state index is 13.4. The molecular formula is C10H10F2N2O2. The van der Waals surface area contributed by atoms with Crippen molar-refractivity contribution in [3.63, 3.8) is 0 Å². The maximum absolute atomic E-state index is 13.4. The zero-order valence-corrected chi connectivity index (χ0v) is 8.28. The summed E-state index contributed by atoms with van der Waals surface area (Å²) in [5, 5.41) is 9.13. The van der Waals surface area contributed by atoms with Crippen molar-refractivity contribution in [3.8, 4) is 5.75 Å². The molecule has 1 amide bonds. The van der Waals surface area contributed by atoms with Crippen LogP contribution in [-0.4, -0.2) is 23.6 Å². The summed E-state index contributed by atoms with van der Waals surface area (Å²) >= 11 is 0. The molecule has 6 heteroatoms. The Kier molecular flexibility index (Phi) is 2.51. The zero-order chi connectivity index (χ0) is 11.9. The summed E-state index contributed by atoms with van der Waals surface area (Å²) in [6.07, 6.45) is 0.123. The molecule has 3 N–H and O–H groups in total. The molecule has 1 atom stereocenters. The fraction of sp³-hybridized carbons (Fsp3) is 0.300. The van der Waals surface area contributed by atoms with E-state index in [2.05, 4.69) is 0 Å². The van der Waals surface area contributed by atoms with Crippen molar-refractivity contribution in [2.45, 2.75) is 12.5 Å². The van der Waals surface area contributed by atoms with Crippen LogP contribution in [0.4, 0.5) is 14.5 Å². The van der Waals surface area contributed by atoms with Gasteiger partial charge in [0.05, 0.1) is 5.69 Å². The Morgan fingerprint density at radius 3 is 2.62 bits per heavy atom. The van der Waals surface area contributed by atoms with Gasteiger partial charge in [-0.3, -0.25) is 4.79 Å². The van der Waals surface area contributed by atoms with Crippen LogP contribution in [0.1, 0.15) is 6.42 Å². The lowest BCUT2D eigenvalue weighted by Gasteiger charge is -2.17. The number of hydrogen-bond acceptors (Lipinski definition) is 3. The van der Waals surface area contributed by atoms with Crippen LogP contribution < -0.4 is 10.6 Å². The Hall–Kier alpha value is -1.69. The van der Waals surface area contributed by atoms with E-state index in [-0.39, 0.29) is 30.6 Å². The Balaban J connectivity index is 2.41. The number of nitrogens with zero attached hydrogens (tertiary/aromatic N) is 1. The van der Waals surface area contributed by atoms with E-state index in [1.54, 1.807) is 0 Å². The molecule has 16 heavy (non-hydrogen) atoms. The number of carbonyl (C=O) groups excluding carboxylic acids is 1. The van der Waals surface area contributed by atoms with Crippen LogP contribution in [-0.2, 0) is 4.79 Å². The number of carbonyl (C=O) groups is 1. The van der Waals surface area contributed by atoms with Crippen molar-refractivity contribution >= 4 is 11.6 Å². The molecule has 1 fully saturated rings. The van der Waals surface area contributed by atoms with Crippen molar-refractivity contribution in [2.24, 2.45) is 5.73 Å². The molecule has 0 bridgehead atoms. The molecule has 1 aliphatic rings. The van der Waals surface area contributed by atoms with Crippen LogP contribution in [0.25, 0.3) is 0 Å². The molecule has 0 saturated carbocycles. The molecule has 1 heterocycles. The van der Waals surface area contributed by atoms with Gasteiger partial charge in [0, 0.05) is 31.1 Å². The van der Waals surface area contributed by atoms with Crippen LogP contribution in [0.2, 0.25) is 0 Å². The molecular weight excluding hydrogens is 218 g/mol. The molecule has 4 nitrogen and oxygen atoms in total. The van der Waals surface area contributed by atoms with Crippen molar-refractivity contribution in [3.05, 3.63) is 23.8 Å². The van der Waals surface area contributed by atoms with E-state index < -0.39 is 17.4 Å². The first-order valence-corrected chi connectivity index (χ1v) is 4.73. The topological polar surface area (TPSA) is 66.6 Å². The standard InChI is InChI=1S/C10H10F2N2O2/c11-6-2-7(12)9(15)3-8(6)14-4-5(13)1-10(14)16/h2-3,5,15H,1,4,13H2. The monoisotopic (exact) mass is 228 g/mol. The fourth-order valence-corrected chi connectivity index (χ4v) is 1.70. The lowest BCUT2D eigenvalue weighted by Crippen LogP contribution is -2.28. The second-order valence-electron chi connectivity index (χ2n) is 3.72. The quantitative estimate of drug-likeness (QED) is 0.744. The summed E-state index contributed by atoms with van der Waals surface area (Å²) in [7, 11) is 0. The summed E-state index contributed by atoms with van der Waals surface area (Å²) in [4.78, 5) is 12.5. The van der Waals surface area contributed by atoms with Gasteiger partial charge in [-0.25, -0.2) is 8.78 Å². The summed E-state index contributed by atoms with van der Waals surface area (Å²) in [6.45, 7) is 0.167. The number of phenols is 1. The van der Waals surface area contributed by atoms with E-state index >= 15 is 0 Å². The second-order valence-corrected chi connectivity index (χ2v) is 3.72. The molecule has 1 unspecified atom stereocenters. The van der Waals surface area contributed by atoms with Gasteiger partial charge in [-0.15, -0.1) is 0 Å². The molecule has 0 aliphatic carbocycles. The molecule has 1 aliphatic heterocycles. The maximum Gasteiger partial charge on any atom is 0.228 e. The molecule has 0 aromatic heterocycles. The summed E-state index contributed by atoms with van der Waals surface area (Å²) in [6, 6.07) is 1.07. The minimum Gasteiger partial charge on any atom is -0.505 e. The number of hydrogen-bond donors (Lipinski definition) is 2. The number of rotatable bonds is 1. The number of phenolic OH excluding ortho intramolecular Hbond substituents is 1. The van der Waals surface area contributed by atoms with Crippen molar-refractivity contribution in [1.82, 2.24) is 0 Å². The van der Waals surface area contributed by atoms with Gasteiger partial charge in [-0.05, 0) is 0 Å². The van der Waals surface area contributed by atoms with Gasteiger partial charge in [0.1, 0.15) is 5.82 Å². The van der Waals surface area contributed by atoms with E-state index in [9.17, 15) is 13.6 Å². The molecule has 0 spiro atoms. The number of anilines is 1. The van der Waals surface area contributed by atoms with Gasteiger partial charge < -0.3 is 15.7 Å². The highest BCUT2D eigenvalue weighted by atomic mass is 19.1. The SMILES string of the molecule is NC1CC(=O)N(c2cc(O)c(F)cc2F)C1. The third-order valence-electron chi connectivity index (χ3n) is 2.46. The van der Waals surface area contributed by atoms with Crippen molar-refractivity contribution in [2.75, 3.05) is 11.4 Å². The van der Waals surface area contributed by atoms with E-state index in [1.807, 2.05) is 0 Å². The first-order chi connectivity index (χ1) is 7.49. The minimum absolute atomic E-state index is 0.123. The largest absolute Gasteiger partial charge is 0.505 e. The minimum atomic E-state index is -1.06. The average molecular weight is 228 g/mol. The Bertz CT molecular complexity index is 451. The lowest BCUT2D eigenvalue weighted by atomic mass is 10.2. The smallest absolute Gasteiger partial charge is 0.228 e. The Morgan fingerprint density at radius 1 is 1.38 bits per heavy atom. The number of nitrogens with two attached hydrogens (primary N) is 1. The zero-order valence-electron chi connectivity index (χ0n) is 8.28. The second kappa shape index (κ2) is 3.71. The highest BCUT2D eigenvalue weighted by molar-refractivity contribution is 5.96. The van der Waals surface area contributed by atoms with Crippen LogP contribution in [0, 0.1) is 11.6 Å². The van der Waals surface area contributed by atoms with Gasteiger partial charge in [0.25, 0.3) is 0 Å². The van der Waals surface area contributed by atoms with E-state index in [4.69, 9.17) is 10.8 Å². The van der Waals surface area contributed by atoms with E-state index in [0.29, 0.717) is 6.07 Å². The van der Waals surface area contributed by atoms with Crippen molar-refractivity contribution in [1.29, 1.82) is 0 Å². The predicted octanol–water partition coefficient (Wildman–Crippen LogP) is 0.734. The number of aromatic hydroxyl groups is 1. The van der Waals surface area contributed by atoms with Gasteiger partial charge in [-0.1, -0.05) is 0 Å². The number of benzene rings is 1. The summed E-state index contributed by atoms with van der Waals surface area (Å²) in [5.74, 6) is -2.97. The first-order valence-electron chi connectivity index (χ1n) is 4.73. The van der Waals surface area contributed by atoms with Crippen LogP contribution in [0.5, 0.6) is 5.75 Å². The molecule has 86 valence electrons. The van der Waals surface area contributed by atoms with Crippen LogP contribution in [0.15, 0.2) is 12.1 Å². The highest BCUT2D eigenvalue weighted by Gasteiger charge is 2.30. The third kappa shape index (κ3) is 1.71.